The third kappa shape index (κ3) is 4.93. The highest BCUT2D eigenvalue weighted by Crippen LogP contribution is 2.31. The molecule has 2 aromatic rings. The number of fused-ring (bicyclic) bond motifs is 1. The number of nitrogens with zero attached hydrogens (tertiary/aromatic N) is 1. The monoisotopic (exact) mass is 396 g/mol. The molecule has 1 aliphatic rings. The average Bonchev–Trinajstić information content (AvgIpc) is 2.84. The lowest BCUT2D eigenvalue weighted by Crippen LogP contribution is -2.41. The summed E-state index contributed by atoms with van der Waals surface area (Å²) in [4.78, 5) is 38.5. The first-order valence-corrected chi connectivity index (χ1v) is 9.48. The number of hydrogen-bond donors (Lipinski definition) is 1. The number of anilines is 2. The number of rotatable bonds is 6. The number of nitrogens with one attached hydrogen (secondary N) is 1. The molecule has 0 aliphatic carbocycles. The SMILES string of the molecule is COc1ccccc1CCC(=O)OCC(=O)N1c2ccccc2NC(=O)C[C@H]1C. The van der Waals surface area contributed by atoms with Gasteiger partial charge in [-0.05, 0) is 37.1 Å². The number of carbonyl (C=O) groups is 3. The number of carbonyl (C=O) groups excluding carboxylic acids is 3. The van der Waals surface area contributed by atoms with Crippen LogP contribution in [-0.2, 0) is 25.5 Å². The van der Waals surface area contributed by atoms with Gasteiger partial charge in [0.05, 0.1) is 18.5 Å². The maximum absolute atomic E-state index is 12.8. The molecule has 0 aromatic heterocycles. The van der Waals surface area contributed by atoms with Crippen molar-refractivity contribution in [1.29, 1.82) is 0 Å². The Morgan fingerprint density at radius 1 is 1.14 bits per heavy atom. The Morgan fingerprint density at radius 2 is 1.86 bits per heavy atom. The Hall–Kier alpha value is -3.35. The van der Waals surface area contributed by atoms with Crippen molar-refractivity contribution in [2.45, 2.75) is 32.2 Å². The van der Waals surface area contributed by atoms with Crippen LogP contribution in [-0.4, -0.2) is 37.5 Å². The first-order valence-electron chi connectivity index (χ1n) is 9.48. The van der Waals surface area contributed by atoms with E-state index in [2.05, 4.69) is 5.32 Å². The lowest BCUT2D eigenvalue weighted by molar-refractivity contribution is -0.148. The van der Waals surface area contributed by atoms with Gasteiger partial charge in [-0.2, -0.15) is 0 Å². The maximum Gasteiger partial charge on any atom is 0.306 e. The van der Waals surface area contributed by atoms with Gasteiger partial charge in [0.25, 0.3) is 5.91 Å². The highest BCUT2D eigenvalue weighted by Gasteiger charge is 2.30. The molecule has 3 rings (SSSR count). The number of ether oxygens (including phenoxy) is 2. The molecule has 1 atom stereocenters. The van der Waals surface area contributed by atoms with Gasteiger partial charge in [0, 0.05) is 18.9 Å². The molecule has 0 spiro atoms. The molecule has 1 heterocycles. The molecule has 7 nitrogen and oxygen atoms in total. The van der Waals surface area contributed by atoms with Crippen molar-refractivity contribution in [2.75, 3.05) is 23.9 Å². The molecule has 29 heavy (non-hydrogen) atoms. The fraction of sp³-hybridized carbons (Fsp3) is 0.318. The molecule has 0 bridgehead atoms. The Bertz CT molecular complexity index is 912. The quantitative estimate of drug-likeness (QED) is 0.759. The smallest absolute Gasteiger partial charge is 0.306 e. The highest BCUT2D eigenvalue weighted by molar-refractivity contribution is 6.05. The van der Waals surface area contributed by atoms with E-state index in [1.54, 1.807) is 38.3 Å². The number of para-hydroxylation sites is 3. The molecule has 2 aromatic carbocycles. The third-order valence-corrected chi connectivity index (χ3v) is 4.78. The van der Waals surface area contributed by atoms with Gasteiger partial charge in [0.15, 0.2) is 6.61 Å². The zero-order valence-corrected chi connectivity index (χ0v) is 16.5. The summed E-state index contributed by atoms with van der Waals surface area (Å²) >= 11 is 0. The minimum absolute atomic E-state index is 0.139. The van der Waals surface area contributed by atoms with E-state index in [1.807, 2.05) is 24.3 Å². The van der Waals surface area contributed by atoms with Crippen LogP contribution in [0.5, 0.6) is 5.75 Å². The van der Waals surface area contributed by atoms with E-state index in [0.717, 1.165) is 5.56 Å². The average molecular weight is 396 g/mol. The van der Waals surface area contributed by atoms with Crippen LogP contribution in [0, 0.1) is 0 Å². The van der Waals surface area contributed by atoms with Crippen molar-refractivity contribution in [3.8, 4) is 5.75 Å². The van der Waals surface area contributed by atoms with Crippen LogP contribution in [0.4, 0.5) is 11.4 Å². The standard InChI is InChI=1S/C22H24N2O5/c1-15-13-20(25)23-17-8-4-5-9-18(17)24(15)21(26)14-29-22(27)12-11-16-7-3-6-10-19(16)28-2/h3-10,15H,11-14H2,1-2H3,(H,23,25)/t15-/m1/s1. The van der Waals surface area contributed by atoms with Gasteiger partial charge in [0.2, 0.25) is 5.91 Å². The largest absolute Gasteiger partial charge is 0.496 e. The molecular formula is C22H24N2O5. The molecule has 0 fully saturated rings. The number of hydrogen-bond acceptors (Lipinski definition) is 5. The van der Waals surface area contributed by atoms with Crippen molar-refractivity contribution in [2.24, 2.45) is 0 Å². The zero-order chi connectivity index (χ0) is 20.8. The van der Waals surface area contributed by atoms with Gasteiger partial charge in [0.1, 0.15) is 5.75 Å². The lowest BCUT2D eigenvalue weighted by Gasteiger charge is -2.27. The number of amides is 2. The van der Waals surface area contributed by atoms with Crippen LogP contribution in [0.1, 0.15) is 25.3 Å². The number of benzene rings is 2. The predicted octanol–water partition coefficient (Wildman–Crippen LogP) is 2.93. The minimum atomic E-state index is -0.464. The molecule has 0 saturated heterocycles. The van der Waals surface area contributed by atoms with Crippen LogP contribution in [0.25, 0.3) is 0 Å². The Labute approximate surface area is 169 Å². The van der Waals surface area contributed by atoms with E-state index in [4.69, 9.17) is 9.47 Å². The summed E-state index contributed by atoms with van der Waals surface area (Å²) in [6.07, 6.45) is 0.764. The van der Waals surface area contributed by atoms with Gasteiger partial charge in [-0.1, -0.05) is 30.3 Å². The molecule has 152 valence electrons. The summed E-state index contributed by atoms with van der Waals surface area (Å²) in [6.45, 7) is 1.42. The third-order valence-electron chi connectivity index (χ3n) is 4.78. The lowest BCUT2D eigenvalue weighted by atomic mass is 10.1. The molecule has 1 N–H and O–H groups in total. The highest BCUT2D eigenvalue weighted by atomic mass is 16.5. The molecule has 0 radical (unpaired) electrons. The number of esters is 1. The summed E-state index contributed by atoms with van der Waals surface area (Å²) in [5.74, 6) is -0.279. The van der Waals surface area contributed by atoms with Crippen molar-refractivity contribution in [3.05, 3.63) is 54.1 Å². The molecule has 0 saturated carbocycles. The van der Waals surface area contributed by atoms with Crippen LogP contribution >= 0.6 is 0 Å². The van der Waals surface area contributed by atoms with Crippen LogP contribution < -0.4 is 15.0 Å². The summed E-state index contributed by atoms with van der Waals surface area (Å²) in [5, 5.41) is 2.80. The van der Waals surface area contributed by atoms with E-state index < -0.39 is 5.97 Å². The van der Waals surface area contributed by atoms with Crippen molar-refractivity contribution in [1.82, 2.24) is 0 Å². The Kier molecular flexibility index (Phi) is 6.49. The van der Waals surface area contributed by atoms with E-state index in [9.17, 15) is 14.4 Å². The van der Waals surface area contributed by atoms with E-state index in [1.165, 1.54) is 4.90 Å². The fourth-order valence-electron chi connectivity index (χ4n) is 3.40. The van der Waals surface area contributed by atoms with Crippen molar-refractivity contribution >= 4 is 29.2 Å². The zero-order valence-electron chi connectivity index (χ0n) is 16.5. The summed E-state index contributed by atoms with van der Waals surface area (Å²) < 4.78 is 10.5. The molecule has 1 aliphatic heterocycles. The van der Waals surface area contributed by atoms with Crippen LogP contribution in [0.2, 0.25) is 0 Å². The van der Waals surface area contributed by atoms with E-state index >= 15 is 0 Å². The van der Waals surface area contributed by atoms with Crippen molar-refractivity contribution in [3.63, 3.8) is 0 Å². The van der Waals surface area contributed by atoms with E-state index in [0.29, 0.717) is 23.5 Å². The maximum atomic E-state index is 12.8. The second-order valence-electron chi connectivity index (χ2n) is 6.85. The second-order valence-corrected chi connectivity index (χ2v) is 6.85. The van der Waals surface area contributed by atoms with Crippen LogP contribution in [0.15, 0.2) is 48.5 Å². The first-order chi connectivity index (χ1) is 14.0. The Morgan fingerprint density at radius 3 is 2.66 bits per heavy atom. The number of aryl methyl sites for hydroxylation is 1. The summed E-state index contributed by atoms with van der Waals surface area (Å²) in [6, 6.07) is 14.2. The predicted molar refractivity (Wildman–Crippen MR) is 109 cm³/mol. The first kappa shape index (κ1) is 20.4. The fourth-order valence-corrected chi connectivity index (χ4v) is 3.40. The second kappa shape index (κ2) is 9.23. The molecule has 0 unspecified atom stereocenters. The molecular weight excluding hydrogens is 372 g/mol. The summed E-state index contributed by atoms with van der Waals surface area (Å²) in [7, 11) is 1.58. The number of methoxy groups -OCH3 is 1. The van der Waals surface area contributed by atoms with Crippen molar-refractivity contribution < 1.29 is 23.9 Å². The van der Waals surface area contributed by atoms with Gasteiger partial charge >= 0.3 is 5.97 Å². The Balaban J connectivity index is 1.61. The molecule has 2 amide bonds. The normalized spacial score (nSPS) is 15.7. The summed E-state index contributed by atoms with van der Waals surface area (Å²) in [5.41, 5.74) is 2.07. The topological polar surface area (TPSA) is 84.9 Å². The minimum Gasteiger partial charge on any atom is -0.496 e. The van der Waals surface area contributed by atoms with Crippen LogP contribution in [0.3, 0.4) is 0 Å². The van der Waals surface area contributed by atoms with E-state index in [-0.39, 0.29) is 37.3 Å². The molecule has 7 heteroatoms. The van der Waals surface area contributed by atoms with Gasteiger partial charge in [-0.15, -0.1) is 0 Å². The van der Waals surface area contributed by atoms with Gasteiger partial charge in [-0.25, -0.2) is 0 Å². The van der Waals surface area contributed by atoms with Gasteiger partial charge in [-0.3, -0.25) is 14.4 Å². The van der Waals surface area contributed by atoms with Gasteiger partial charge < -0.3 is 19.7 Å².